The van der Waals surface area contributed by atoms with Gasteiger partial charge in [0.25, 0.3) is 5.91 Å². The van der Waals surface area contributed by atoms with Crippen molar-refractivity contribution in [2.24, 2.45) is 17.8 Å². The van der Waals surface area contributed by atoms with E-state index in [4.69, 9.17) is 16.3 Å². The average Bonchev–Trinajstić information content (AvgIpc) is 2.60. The van der Waals surface area contributed by atoms with Crippen LogP contribution in [-0.2, 0) is 20.1 Å². The van der Waals surface area contributed by atoms with Crippen molar-refractivity contribution >= 4 is 35.2 Å². The van der Waals surface area contributed by atoms with Gasteiger partial charge >= 0.3 is 5.97 Å². The van der Waals surface area contributed by atoms with Gasteiger partial charge in [-0.2, -0.15) is 0 Å². The van der Waals surface area contributed by atoms with E-state index in [2.05, 4.69) is 5.32 Å². The maximum atomic E-state index is 12.4. The molecule has 0 unspecified atom stereocenters. The minimum Gasteiger partial charge on any atom is -0.455 e. The summed E-state index contributed by atoms with van der Waals surface area (Å²) in [5.74, 6) is 2.69. The van der Waals surface area contributed by atoms with Gasteiger partial charge in [0.2, 0.25) is 0 Å². The normalized spacial score (nSPS) is 30.9. The van der Waals surface area contributed by atoms with E-state index in [1.807, 2.05) is 24.3 Å². The molecule has 6 heteroatoms. The average molecular weight is 408 g/mol. The molecule has 0 atom stereocenters. The molecule has 146 valence electrons. The lowest BCUT2D eigenvalue weighted by Gasteiger charge is -2.56. The molecule has 4 bridgehead atoms. The van der Waals surface area contributed by atoms with Crippen LogP contribution in [0.15, 0.2) is 24.3 Å². The number of thioether (sulfide) groups is 1. The zero-order valence-electron chi connectivity index (χ0n) is 15.4. The van der Waals surface area contributed by atoms with E-state index in [9.17, 15) is 9.59 Å². The number of hydrogen-bond donors (Lipinski definition) is 1. The van der Waals surface area contributed by atoms with E-state index < -0.39 is 0 Å². The summed E-state index contributed by atoms with van der Waals surface area (Å²) in [5, 5.41) is 3.93. The summed E-state index contributed by atoms with van der Waals surface area (Å²) in [6.07, 6.45) is 7.33. The fourth-order valence-corrected chi connectivity index (χ4v) is 6.75. The van der Waals surface area contributed by atoms with Crippen LogP contribution in [0.4, 0.5) is 0 Å². The molecule has 4 aliphatic carbocycles. The number of carbonyl (C=O) groups excluding carboxylic acids is 2. The Morgan fingerprint density at radius 1 is 1.11 bits per heavy atom. The molecule has 0 aliphatic heterocycles. The molecule has 4 saturated carbocycles. The molecule has 4 fully saturated rings. The van der Waals surface area contributed by atoms with Gasteiger partial charge in [0, 0.05) is 16.3 Å². The van der Waals surface area contributed by atoms with Crippen molar-refractivity contribution in [3.05, 3.63) is 34.9 Å². The van der Waals surface area contributed by atoms with Gasteiger partial charge in [-0.1, -0.05) is 29.8 Å². The number of rotatable bonds is 7. The maximum Gasteiger partial charge on any atom is 0.316 e. The topological polar surface area (TPSA) is 55.4 Å². The minimum atomic E-state index is -0.354. The highest BCUT2D eigenvalue weighted by Gasteiger charge is 2.51. The fourth-order valence-electron chi connectivity index (χ4n) is 5.64. The molecule has 1 aromatic rings. The number of amides is 1. The monoisotopic (exact) mass is 407 g/mol. The molecule has 5 rings (SSSR count). The Kier molecular flexibility index (Phi) is 5.70. The first-order valence-corrected chi connectivity index (χ1v) is 11.3. The van der Waals surface area contributed by atoms with E-state index >= 15 is 0 Å². The molecule has 0 spiro atoms. The number of ether oxygens (including phenoxy) is 1. The third kappa shape index (κ3) is 4.62. The molecule has 4 nitrogen and oxygen atoms in total. The molecule has 1 N–H and O–H groups in total. The Morgan fingerprint density at radius 2 is 1.74 bits per heavy atom. The first kappa shape index (κ1) is 19.1. The Balaban J connectivity index is 1.18. The molecular formula is C21H26ClNO3S. The van der Waals surface area contributed by atoms with Gasteiger partial charge in [-0.3, -0.25) is 9.59 Å². The van der Waals surface area contributed by atoms with Crippen LogP contribution in [0, 0.1) is 17.8 Å². The highest BCUT2D eigenvalue weighted by atomic mass is 35.5. The third-order valence-electron chi connectivity index (χ3n) is 6.24. The molecule has 0 saturated heterocycles. The minimum absolute atomic E-state index is 0.0307. The highest BCUT2D eigenvalue weighted by Crippen LogP contribution is 2.55. The maximum absolute atomic E-state index is 12.4. The number of nitrogens with one attached hydrogen (secondary N) is 1. The van der Waals surface area contributed by atoms with Gasteiger partial charge in [-0.25, -0.2) is 0 Å². The first-order valence-electron chi connectivity index (χ1n) is 9.79. The van der Waals surface area contributed by atoms with Crippen LogP contribution in [0.5, 0.6) is 0 Å². The van der Waals surface area contributed by atoms with Crippen LogP contribution >= 0.6 is 23.4 Å². The number of carbonyl (C=O) groups is 2. The van der Waals surface area contributed by atoms with Crippen LogP contribution in [0.1, 0.15) is 44.1 Å². The number of hydrogen-bond acceptors (Lipinski definition) is 4. The summed E-state index contributed by atoms with van der Waals surface area (Å²) < 4.78 is 5.18. The molecule has 0 heterocycles. The fraction of sp³-hybridized carbons (Fsp3) is 0.619. The Bertz CT molecular complexity index is 688. The highest BCUT2D eigenvalue weighted by molar-refractivity contribution is 7.99. The van der Waals surface area contributed by atoms with Crippen molar-refractivity contribution in [3.63, 3.8) is 0 Å². The van der Waals surface area contributed by atoms with Gasteiger partial charge < -0.3 is 10.1 Å². The second kappa shape index (κ2) is 8.04. The van der Waals surface area contributed by atoms with Crippen LogP contribution in [0.25, 0.3) is 0 Å². The van der Waals surface area contributed by atoms with E-state index in [0.29, 0.717) is 10.8 Å². The summed E-state index contributed by atoms with van der Waals surface area (Å²) in [7, 11) is 0. The summed E-state index contributed by atoms with van der Waals surface area (Å²) in [4.78, 5) is 24.3. The molecule has 4 aliphatic rings. The van der Waals surface area contributed by atoms with Crippen LogP contribution in [0.3, 0.4) is 0 Å². The van der Waals surface area contributed by atoms with Gasteiger partial charge in [0.1, 0.15) is 0 Å². The largest absolute Gasteiger partial charge is 0.455 e. The standard InChI is InChI=1S/C21H26ClNO3S/c22-18-4-2-1-3-17(18)12-27-13-20(25)26-11-19(24)23-21-8-14-5-15(9-21)7-16(6-14)10-21/h1-4,14-16H,5-13H2,(H,23,24). The SMILES string of the molecule is O=C(COC(=O)CSCc1ccccc1Cl)NC12CC3CC(CC(C3)C1)C2. The molecule has 27 heavy (non-hydrogen) atoms. The zero-order chi connectivity index (χ0) is 18.9. The molecule has 0 radical (unpaired) electrons. The van der Waals surface area contributed by atoms with E-state index in [1.165, 1.54) is 31.0 Å². The van der Waals surface area contributed by atoms with Crippen LogP contribution in [-0.4, -0.2) is 29.8 Å². The summed E-state index contributed by atoms with van der Waals surface area (Å²) in [5.41, 5.74) is 0.966. The Morgan fingerprint density at radius 3 is 2.37 bits per heavy atom. The lowest BCUT2D eigenvalue weighted by atomic mass is 9.53. The predicted molar refractivity (Wildman–Crippen MR) is 108 cm³/mol. The van der Waals surface area contributed by atoms with Crippen molar-refractivity contribution in [2.45, 2.75) is 49.8 Å². The van der Waals surface area contributed by atoms with Gasteiger partial charge in [-0.05, 0) is 67.9 Å². The second-order valence-electron chi connectivity index (χ2n) is 8.49. The van der Waals surface area contributed by atoms with E-state index in [-0.39, 0.29) is 29.8 Å². The van der Waals surface area contributed by atoms with Crippen molar-refractivity contribution in [3.8, 4) is 0 Å². The van der Waals surface area contributed by atoms with Crippen molar-refractivity contribution in [2.75, 3.05) is 12.4 Å². The van der Waals surface area contributed by atoms with Gasteiger partial charge in [0.15, 0.2) is 6.61 Å². The quantitative estimate of drug-likeness (QED) is 0.688. The van der Waals surface area contributed by atoms with Crippen molar-refractivity contribution in [1.29, 1.82) is 0 Å². The number of halogens is 1. The third-order valence-corrected chi connectivity index (χ3v) is 7.57. The molecule has 1 amide bonds. The lowest BCUT2D eigenvalue weighted by Crippen LogP contribution is -2.60. The summed E-state index contributed by atoms with van der Waals surface area (Å²) in [6, 6.07) is 7.59. The Labute approximate surface area is 169 Å². The number of benzene rings is 1. The zero-order valence-corrected chi connectivity index (χ0v) is 17.0. The predicted octanol–water partition coefficient (Wildman–Crippen LogP) is 4.20. The van der Waals surface area contributed by atoms with Crippen molar-refractivity contribution in [1.82, 2.24) is 5.32 Å². The van der Waals surface area contributed by atoms with Crippen LogP contribution in [0.2, 0.25) is 5.02 Å². The van der Waals surface area contributed by atoms with Gasteiger partial charge in [0.05, 0.1) is 5.75 Å². The van der Waals surface area contributed by atoms with Crippen molar-refractivity contribution < 1.29 is 14.3 Å². The lowest BCUT2D eigenvalue weighted by molar-refractivity contribution is -0.147. The molecule has 1 aromatic carbocycles. The number of esters is 1. The van der Waals surface area contributed by atoms with Crippen LogP contribution < -0.4 is 5.32 Å². The molecular weight excluding hydrogens is 382 g/mol. The summed E-state index contributed by atoms with van der Waals surface area (Å²) in [6.45, 7) is -0.173. The smallest absolute Gasteiger partial charge is 0.316 e. The second-order valence-corrected chi connectivity index (χ2v) is 9.88. The first-order chi connectivity index (χ1) is 13.0. The summed E-state index contributed by atoms with van der Waals surface area (Å²) >= 11 is 7.55. The van der Waals surface area contributed by atoms with E-state index in [1.54, 1.807) is 0 Å². The van der Waals surface area contributed by atoms with E-state index in [0.717, 1.165) is 42.6 Å². The van der Waals surface area contributed by atoms with Gasteiger partial charge in [-0.15, -0.1) is 11.8 Å². The Hall–Kier alpha value is -1.20. The molecule has 0 aromatic heterocycles.